The molecular weight excluding hydrogens is 396 g/mol. The molecule has 4 atom stereocenters. The van der Waals surface area contributed by atoms with Crippen LogP contribution in [0.4, 0.5) is 4.79 Å². The molecule has 4 unspecified atom stereocenters. The van der Waals surface area contributed by atoms with Gasteiger partial charge in [0.2, 0.25) is 15.9 Å². The van der Waals surface area contributed by atoms with Gasteiger partial charge < -0.3 is 4.90 Å². The Labute approximate surface area is 171 Å². The van der Waals surface area contributed by atoms with Crippen molar-refractivity contribution in [3.8, 4) is 6.07 Å². The van der Waals surface area contributed by atoms with E-state index in [4.69, 9.17) is 0 Å². The molecule has 2 aliphatic heterocycles. The molecule has 160 valence electrons. The quantitative estimate of drug-likeness (QED) is 0.607. The first-order valence-electron chi connectivity index (χ1n) is 10.1. The number of nitrogens with zero attached hydrogens (tertiary/aromatic N) is 4. The van der Waals surface area contributed by atoms with Crippen molar-refractivity contribution in [1.82, 2.24) is 25.0 Å². The number of rotatable bonds is 5. The van der Waals surface area contributed by atoms with Gasteiger partial charge in [-0.2, -0.15) is 9.98 Å². The summed E-state index contributed by atoms with van der Waals surface area (Å²) in [4.78, 5) is 28.9. The molecule has 2 heterocycles. The van der Waals surface area contributed by atoms with Crippen LogP contribution in [0, 0.1) is 23.2 Å². The number of amides is 3. The van der Waals surface area contributed by atoms with E-state index in [2.05, 4.69) is 10.1 Å². The summed E-state index contributed by atoms with van der Waals surface area (Å²) < 4.78 is 28.2. The van der Waals surface area contributed by atoms with Crippen LogP contribution in [0.5, 0.6) is 0 Å². The maximum absolute atomic E-state index is 13.2. The molecule has 4 rings (SSSR count). The van der Waals surface area contributed by atoms with Gasteiger partial charge in [0, 0.05) is 45.7 Å². The molecule has 0 aromatic rings. The van der Waals surface area contributed by atoms with Crippen LogP contribution >= 0.6 is 0 Å². The lowest BCUT2D eigenvalue weighted by molar-refractivity contribution is -0.140. The average Bonchev–Trinajstić information content (AvgIpc) is 3.33. The van der Waals surface area contributed by atoms with Gasteiger partial charge in [-0.05, 0) is 32.1 Å². The molecule has 2 aliphatic carbocycles. The molecule has 11 heteroatoms. The summed E-state index contributed by atoms with van der Waals surface area (Å²) in [5.74, 6) is -0.653. The van der Waals surface area contributed by atoms with Crippen molar-refractivity contribution in [2.45, 2.75) is 48.9 Å². The van der Waals surface area contributed by atoms with Gasteiger partial charge in [-0.1, -0.05) is 0 Å². The van der Waals surface area contributed by atoms with E-state index in [1.165, 1.54) is 4.90 Å². The van der Waals surface area contributed by atoms with Crippen LogP contribution in [0.25, 0.3) is 0 Å². The summed E-state index contributed by atoms with van der Waals surface area (Å²) in [5, 5.41) is 10.4. The number of hydrogen-bond donors (Lipinski definition) is 2. The molecule has 2 saturated carbocycles. The van der Waals surface area contributed by atoms with Gasteiger partial charge in [0.05, 0.1) is 17.2 Å². The van der Waals surface area contributed by atoms with E-state index in [1.54, 1.807) is 11.9 Å². The number of urea groups is 1. The minimum absolute atomic E-state index is 0.146. The third-order valence-corrected chi connectivity index (χ3v) is 8.72. The molecule has 10 nitrogen and oxygen atoms in total. The van der Waals surface area contributed by atoms with Gasteiger partial charge in [0.15, 0.2) is 0 Å². The number of carbonyl (C=O) groups is 2. The van der Waals surface area contributed by atoms with Gasteiger partial charge >= 0.3 is 6.03 Å². The zero-order valence-corrected chi connectivity index (χ0v) is 17.6. The lowest BCUT2D eigenvalue weighted by atomic mass is 9.81. The Balaban J connectivity index is 1.49. The van der Waals surface area contributed by atoms with Crippen molar-refractivity contribution in [2.75, 3.05) is 33.7 Å². The minimum Gasteiger partial charge on any atom is -0.324 e. The summed E-state index contributed by atoms with van der Waals surface area (Å²) in [5.41, 5.74) is 2.21. The van der Waals surface area contributed by atoms with Crippen molar-refractivity contribution < 1.29 is 18.0 Å². The van der Waals surface area contributed by atoms with Crippen LogP contribution in [0.1, 0.15) is 32.1 Å². The van der Waals surface area contributed by atoms with Crippen molar-refractivity contribution in [3.05, 3.63) is 0 Å². The highest BCUT2D eigenvalue weighted by Gasteiger charge is 2.52. The number of carbonyl (C=O) groups excluding carboxylic acids is 2. The number of imide groups is 1. The number of nitrogens with one attached hydrogen (secondary N) is 2. The lowest BCUT2D eigenvalue weighted by Crippen LogP contribution is -2.63. The molecule has 2 N–H and O–H groups in total. The molecule has 3 amide bonds. The van der Waals surface area contributed by atoms with E-state index in [-0.39, 0.29) is 30.3 Å². The monoisotopic (exact) mass is 424 g/mol. The number of nitriles is 1. The molecule has 0 aromatic heterocycles. The Bertz CT molecular complexity index is 851. The highest BCUT2D eigenvalue weighted by Crippen LogP contribution is 2.39. The van der Waals surface area contributed by atoms with E-state index < -0.39 is 26.7 Å². The maximum atomic E-state index is 13.2. The number of fused-ring (bicyclic) bond motifs is 1. The van der Waals surface area contributed by atoms with Crippen LogP contribution in [-0.2, 0) is 14.8 Å². The lowest BCUT2D eigenvalue weighted by Gasteiger charge is -2.47. The second-order valence-electron chi connectivity index (χ2n) is 8.90. The fourth-order valence-corrected chi connectivity index (χ4v) is 6.69. The molecule has 4 aliphatic rings. The van der Waals surface area contributed by atoms with Crippen molar-refractivity contribution in [2.24, 2.45) is 11.8 Å². The molecular formula is C18H28N6O4S. The predicted molar refractivity (Wildman–Crippen MR) is 104 cm³/mol. The van der Waals surface area contributed by atoms with E-state index in [1.807, 2.05) is 18.1 Å². The fourth-order valence-electron chi connectivity index (χ4n) is 4.82. The Hall–Kier alpha value is -1.74. The largest absolute Gasteiger partial charge is 0.326 e. The van der Waals surface area contributed by atoms with Crippen LogP contribution in [0.3, 0.4) is 0 Å². The highest BCUT2D eigenvalue weighted by molar-refractivity contribution is 7.90. The zero-order chi connectivity index (χ0) is 21.0. The summed E-state index contributed by atoms with van der Waals surface area (Å²) >= 11 is 0. The Morgan fingerprint density at radius 3 is 2.59 bits per heavy atom. The standard InChI is InChI=1S/C18H28N6O4S/c1-22-9-12(8-20-22)10-24-16(25)14-7-13(3-4-15(14)23(2)17(24)26)29(27,28)21-18(11-19)5-6-18/h12-15,20-21H,3-10H2,1-2H3. The maximum Gasteiger partial charge on any atom is 0.326 e. The van der Waals surface area contributed by atoms with E-state index >= 15 is 0 Å². The van der Waals surface area contributed by atoms with E-state index in [0.717, 1.165) is 6.54 Å². The van der Waals surface area contributed by atoms with Crippen molar-refractivity contribution in [3.63, 3.8) is 0 Å². The Morgan fingerprint density at radius 1 is 1.28 bits per heavy atom. The molecule has 0 spiro atoms. The first-order chi connectivity index (χ1) is 13.7. The SMILES string of the molecule is CN1CC(CN2C(=O)C3CC(S(=O)(=O)NC4(C#N)CC4)CCC3N(C)C2=O)CN1. The van der Waals surface area contributed by atoms with Crippen molar-refractivity contribution >= 4 is 22.0 Å². The third kappa shape index (κ3) is 3.74. The molecule has 0 aromatic carbocycles. The van der Waals surface area contributed by atoms with Crippen LogP contribution in [0.2, 0.25) is 0 Å². The molecule has 0 bridgehead atoms. The summed E-state index contributed by atoms with van der Waals surface area (Å²) in [7, 11) is -0.0951. The second-order valence-corrected chi connectivity index (χ2v) is 10.9. The van der Waals surface area contributed by atoms with Gasteiger partial charge in [0.1, 0.15) is 5.54 Å². The minimum atomic E-state index is -3.71. The second kappa shape index (κ2) is 7.19. The zero-order valence-electron chi connectivity index (χ0n) is 16.8. The number of hydrogen-bond acceptors (Lipinski definition) is 7. The summed E-state index contributed by atoms with van der Waals surface area (Å²) in [6.07, 6.45) is 2.06. The Kier molecular flexibility index (Phi) is 5.09. The van der Waals surface area contributed by atoms with Crippen molar-refractivity contribution in [1.29, 1.82) is 5.26 Å². The highest BCUT2D eigenvalue weighted by atomic mass is 32.2. The smallest absolute Gasteiger partial charge is 0.324 e. The average molecular weight is 425 g/mol. The van der Waals surface area contributed by atoms with Gasteiger partial charge in [-0.25, -0.2) is 18.2 Å². The first-order valence-corrected chi connectivity index (χ1v) is 11.7. The molecule has 29 heavy (non-hydrogen) atoms. The third-order valence-electron chi connectivity index (χ3n) is 6.74. The normalized spacial score (nSPS) is 34.8. The topological polar surface area (TPSA) is 126 Å². The van der Waals surface area contributed by atoms with Gasteiger partial charge in [0.25, 0.3) is 0 Å². The van der Waals surface area contributed by atoms with Crippen LogP contribution < -0.4 is 10.1 Å². The molecule has 2 saturated heterocycles. The van der Waals surface area contributed by atoms with E-state index in [9.17, 15) is 23.3 Å². The summed E-state index contributed by atoms with van der Waals surface area (Å²) in [6.45, 7) is 1.77. The van der Waals surface area contributed by atoms with Crippen LogP contribution in [0.15, 0.2) is 0 Å². The number of sulfonamides is 1. The molecule has 4 fully saturated rings. The van der Waals surface area contributed by atoms with Gasteiger partial charge in [-0.15, -0.1) is 0 Å². The first kappa shape index (κ1) is 20.5. The van der Waals surface area contributed by atoms with Gasteiger partial charge in [-0.3, -0.25) is 15.1 Å². The predicted octanol–water partition coefficient (Wildman–Crippen LogP) is -0.541. The molecule has 0 radical (unpaired) electrons. The summed E-state index contributed by atoms with van der Waals surface area (Å²) in [6, 6.07) is 1.48. The van der Waals surface area contributed by atoms with E-state index in [0.29, 0.717) is 38.8 Å². The van der Waals surface area contributed by atoms with Crippen LogP contribution in [-0.4, -0.2) is 85.7 Å². The Morgan fingerprint density at radius 2 is 2.00 bits per heavy atom. The fraction of sp³-hybridized carbons (Fsp3) is 0.833. The number of hydrazine groups is 1.